The van der Waals surface area contributed by atoms with Crippen molar-refractivity contribution < 1.29 is 0 Å². The minimum absolute atomic E-state index is 0.620. The van der Waals surface area contributed by atoms with Crippen LogP contribution >= 0.6 is 0 Å². The number of hydrogen-bond acceptors (Lipinski definition) is 2. The van der Waals surface area contributed by atoms with Crippen LogP contribution in [0.25, 0.3) is 0 Å². The molecule has 0 unspecified atom stereocenters. The zero-order valence-corrected chi connectivity index (χ0v) is 12.5. The second-order valence-corrected chi connectivity index (χ2v) is 5.56. The summed E-state index contributed by atoms with van der Waals surface area (Å²) < 4.78 is 0. The molecular formula is C16H28N2. The van der Waals surface area contributed by atoms with Gasteiger partial charge in [-0.15, -0.1) is 0 Å². The van der Waals surface area contributed by atoms with Gasteiger partial charge in [-0.05, 0) is 49.4 Å². The predicted molar refractivity (Wildman–Crippen MR) is 82.1 cm³/mol. The van der Waals surface area contributed by atoms with Gasteiger partial charge in [0.25, 0.3) is 0 Å². The predicted octanol–water partition coefficient (Wildman–Crippen LogP) is 4.23. The maximum Gasteiger partial charge on any atom is 0.0400 e. The summed E-state index contributed by atoms with van der Waals surface area (Å²) in [5.74, 6) is 0.669. The van der Waals surface area contributed by atoms with Crippen LogP contribution in [0, 0.1) is 12.8 Å². The van der Waals surface area contributed by atoms with Gasteiger partial charge < -0.3 is 10.6 Å². The van der Waals surface area contributed by atoms with Gasteiger partial charge in [0.1, 0.15) is 0 Å². The third-order valence-corrected chi connectivity index (χ3v) is 3.48. The van der Waals surface area contributed by atoms with E-state index in [2.05, 4.69) is 51.7 Å². The van der Waals surface area contributed by atoms with E-state index in [0.29, 0.717) is 12.0 Å². The molecule has 0 bridgehead atoms. The molecule has 2 N–H and O–H groups in total. The van der Waals surface area contributed by atoms with Crippen molar-refractivity contribution in [2.75, 3.05) is 17.2 Å². The Morgan fingerprint density at radius 1 is 1.17 bits per heavy atom. The fourth-order valence-electron chi connectivity index (χ4n) is 2.57. The van der Waals surface area contributed by atoms with E-state index >= 15 is 0 Å². The van der Waals surface area contributed by atoms with Crippen LogP contribution in [0.15, 0.2) is 18.2 Å². The van der Waals surface area contributed by atoms with Gasteiger partial charge in [-0.1, -0.05) is 27.7 Å². The number of anilines is 2. The van der Waals surface area contributed by atoms with Crippen molar-refractivity contribution >= 4 is 11.4 Å². The topological polar surface area (TPSA) is 29.3 Å². The Morgan fingerprint density at radius 2 is 1.78 bits per heavy atom. The molecule has 102 valence electrons. The lowest BCUT2D eigenvalue weighted by atomic mass is 10.0. The van der Waals surface area contributed by atoms with E-state index in [1.807, 2.05) is 6.07 Å². The van der Waals surface area contributed by atoms with Crippen LogP contribution in [0.1, 0.15) is 46.1 Å². The van der Waals surface area contributed by atoms with E-state index in [4.69, 9.17) is 5.73 Å². The Labute approximate surface area is 112 Å². The van der Waals surface area contributed by atoms with Crippen molar-refractivity contribution in [1.29, 1.82) is 0 Å². The summed E-state index contributed by atoms with van der Waals surface area (Å²) in [4.78, 5) is 2.55. The first kappa shape index (κ1) is 14.9. The van der Waals surface area contributed by atoms with E-state index in [1.54, 1.807) is 0 Å². The molecule has 0 spiro atoms. The lowest BCUT2D eigenvalue weighted by Gasteiger charge is -2.35. The van der Waals surface area contributed by atoms with Gasteiger partial charge in [0, 0.05) is 24.0 Å². The van der Waals surface area contributed by atoms with E-state index in [0.717, 1.165) is 12.2 Å². The number of hydrogen-bond donors (Lipinski definition) is 1. The zero-order valence-electron chi connectivity index (χ0n) is 12.5. The Morgan fingerprint density at radius 3 is 2.22 bits per heavy atom. The molecule has 2 nitrogen and oxygen atoms in total. The highest BCUT2D eigenvalue weighted by atomic mass is 15.2. The number of benzene rings is 1. The van der Waals surface area contributed by atoms with Crippen LogP contribution in [-0.4, -0.2) is 12.6 Å². The summed E-state index contributed by atoms with van der Waals surface area (Å²) in [5.41, 5.74) is 9.32. The molecule has 0 aromatic heterocycles. The number of nitrogen functional groups attached to an aromatic ring is 1. The quantitative estimate of drug-likeness (QED) is 0.763. The maximum absolute atomic E-state index is 5.85. The summed E-state index contributed by atoms with van der Waals surface area (Å²) in [6.45, 7) is 12.4. The molecule has 0 heterocycles. The van der Waals surface area contributed by atoms with Gasteiger partial charge in [-0.25, -0.2) is 0 Å². The van der Waals surface area contributed by atoms with Gasteiger partial charge in [0.05, 0.1) is 0 Å². The third kappa shape index (κ3) is 3.66. The fourth-order valence-corrected chi connectivity index (χ4v) is 2.57. The largest absolute Gasteiger partial charge is 0.399 e. The Hall–Kier alpha value is -1.18. The van der Waals surface area contributed by atoms with Crippen LogP contribution in [0.4, 0.5) is 11.4 Å². The van der Waals surface area contributed by atoms with Gasteiger partial charge in [-0.2, -0.15) is 0 Å². The molecule has 0 aliphatic rings. The van der Waals surface area contributed by atoms with Gasteiger partial charge in [0.2, 0.25) is 0 Å². The average Bonchev–Trinajstić information content (AvgIpc) is 2.29. The zero-order chi connectivity index (χ0) is 13.7. The smallest absolute Gasteiger partial charge is 0.0400 e. The molecule has 0 radical (unpaired) electrons. The van der Waals surface area contributed by atoms with Crippen molar-refractivity contribution in [2.24, 2.45) is 5.92 Å². The van der Waals surface area contributed by atoms with E-state index in [-0.39, 0.29) is 0 Å². The van der Waals surface area contributed by atoms with Gasteiger partial charge in [-0.3, -0.25) is 0 Å². The third-order valence-electron chi connectivity index (χ3n) is 3.48. The first-order valence-electron chi connectivity index (χ1n) is 7.12. The monoisotopic (exact) mass is 248 g/mol. The molecule has 0 saturated heterocycles. The number of rotatable bonds is 6. The number of nitrogens with zero attached hydrogens (tertiary/aromatic N) is 1. The molecular weight excluding hydrogens is 220 g/mol. The first-order valence-corrected chi connectivity index (χ1v) is 7.12. The molecule has 2 heteroatoms. The van der Waals surface area contributed by atoms with E-state index in [1.165, 1.54) is 24.1 Å². The number of aryl methyl sites for hydroxylation is 1. The summed E-state index contributed by atoms with van der Waals surface area (Å²) >= 11 is 0. The number of nitrogens with two attached hydrogens (primary N) is 1. The molecule has 1 aromatic rings. The van der Waals surface area contributed by atoms with Crippen molar-refractivity contribution in [2.45, 2.75) is 53.5 Å². The highest BCUT2D eigenvalue weighted by Crippen LogP contribution is 2.27. The highest BCUT2D eigenvalue weighted by Gasteiger charge is 2.18. The summed E-state index contributed by atoms with van der Waals surface area (Å²) in [6.07, 6.45) is 2.38. The molecule has 0 amide bonds. The Balaban J connectivity index is 3.08. The Kier molecular flexibility index (Phi) is 5.52. The van der Waals surface area contributed by atoms with E-state index < -0.39 is 0 Å². The van der Waals surface area contributed by atoms with Crippen LogP contribution in [0.5, 0.6) is 0 Å². The lowest BCUT2D eigenvalue weighted by Crippen LogP contribution is -2.37. The summed E-state index contributed by atoms with van der Waals surface area (Å²) in [5, 5.41) is 0. The Bertz CT molecular complexity index is 367. The minimum Gasteiger partial charge on any atom is -0.399 e. The second kappa shape index (κ2) is 6.67. The van der Waals surface area contributed by atoms with Crippen molar-refractivity contribution in [3.05, 3.63) is 23.8 Å². The van der Waals surface area contributed by atoms with Gasteiger partial charge >= 0.3 is 0 Å². The van der Waals surface area contributed by atoms with E-state index in [9.17, 15) is 0 Å². The molecule has 0 aliphatic heterocycles. The molecule has 0 aliphatic carbocycles. The van der Waals surface area contributed by atoms with Crippen molar-refractivity contribution in [3.8, 4) is 0 Å². The minimum atomic E-state index is 0.620. The molecule has 1 aromatic carbocycles. The molecule has 0 saturated carbocycles. The van der Waals surface area contributed by atoms with Gasteiger partial charge in [0.15, 0.2) is 0 Å². The molecule has 0 atom stereocenters. The average molecular weight is 248 g/mol. The first-order chi connectivity index (χ1) is 8.49. The van der Waals surface area contributed by atoms with Crippen LogP contribution < -0.4 is 10.6 Å². The van der Waals surface area contributed by atoms with Crippen LogP contribution in [-0.2, 0) is 0 Å². The molecule has 18 heavy (non-hydrogen) atoms. The highest BCUT2D eigenvalue weighted by molar-refractivity contribution is 5.59. The standard InChI is InChI=1S/C16H28N2/c1-6-15(7-2)18(11-12(3)4)16-9-8-14(17)10-13(16)5/h8-10,12,15H,6-7,11,17H2,1-5H3. The fraction of sp³-hybridized carbons (Fsp3) is 0.625. The molecule has 1 rings (SSSR count). The maximum atomic E-state index is 5.85. The second-order valence-electron chi connectivity index (χ2n) is 5.56. The summed E-state index contributed by atoms with van der Waals surface area (Å²) in [7, 11) is 0. The molecule has 0 fully saturated rings. The van der Waals surface area contributed by atoms with Crippen molar-refractivity contribution in [1.82, 2.24) is 0 Å². The van der Waals surface area contributed by atoms with Crippen LogP contribution in [0.2, 0.25) is 0 Å². The normalized spacial score (nSPS) is 11.3. The SMILES string of the molecule is CCC(CC)N(CC(C)C)c1ccc(N)cc1C. The lowest BCUT2D eigenvalue weighted by molar-refractivity contribution is 0.507. The summed E-state index contributed by atoms with van der Waals surface area (Å²) in [6, 6.07) is 6.88. The van der Waals surface area contributed by atoms with Crippen LogP contribution in [0.3, 0.4) is 0 Å². The van der Waals surface area contributed by atoms with Crippen molar-refractivity contribution in [3.63, 3.8) is 0 Å².